The first kappa shape index (κ1) is 17.7. The number of hydrogen-bond donors (Lipinski definition) is 1. The molecule has 0 spiro atoms. The number of tetrazole rings is 1. The molecule has 10 nitrogen and oxygen atoms in total. The number of nitrogens with one attached hydrogen (secondary N) is 1. The van der Waals surface area contributed by atoms with Crippen LogP contribution in [0.4, 0.5) is 5.95 Å². The van der Waals surface area contributed by atoms with Crippen molar-refractivity contribution >= 4 is 17.5 Å². The lowest BCUT2D eigenvalue weighted by atomic mass is 10.0. The Hall–Kier alpha value is -3.66. The Morgan fingerprint density at radius 1 is 1.18 bits per heavy atom. The summed E-state index contributed by atoms with van der Waals surface area (Å²) in [6.45, 7) is 0.829. The second-order valence-corrected chi connectivity index (χ2v) is 6.61. The van der Waals surface area contributed by atoms with Gasteiger partial charge in [-0.1, -0.05) is 24.3 Å². The van der Waals surface area contributed by atoms with Crippen LogP contribution in [0.25, 0.3) is 16.8 Å². The highest BCUT2D eigenvalue weighted by Gasteiger charge is 2.11. The van der Waals surface area contributed by atoms with Crippen LogP contribution in [0.1, 0.15) is 5.56 Å². The lowest BCUT2D eigenvalue weighted by Gasteiger charge is -2.14. The van der Waals surface area contributed by atoms with Crippen molar-refractivity contribution in [3.8, 4) is 11.1 Å². The largest absolute Gasteiger partial charge is 0.305 e. The standard InChI is InChI=1S/C18H19N9O/c1-25(2)9-13-5-3-4-6-15(13)14-7-8-16-20-18(22-27(16)10-14)21-17(28)11-26-12-19-23-24-26/h3-8,10,12H,9,11H2,1-2H3,(H,21,22,28). The van der Waals surface area contributed by atoms with Crippen molar-refractivity contribution in [3.05, 3.63) is 54.5 Å². The number of anilines is 1. The van der Waals surface area contributed by atoms with Crippen LogP contribution < -0.4 is 5.32 Å². The van der Waals surface area contributed by atoms with Gasteiger partial charge in [0, 0.05) is 18.3 Å². The molecule has 0 aliphatic rings. The van der Waals surface area contributed by atoms with E-state index in [-0.39, 0.29) is 18.4 Å². The Bertz CT molecular complexity index is 1100. The Labute approximate surface area is 160 Å². The third kappa shape index (κ3) is 3.86. The molecule has 28 heavy (non-hydrogen) atoms. The van der Waals surface area contributed by atoms with Crippen molar-refractivity contribution in [3.63, 3.8) is 0 Å². The quantitative estimate of drug-likeness (QED) is 0.536. The molecule has 1 N–H and O–H groups in total. The first-order valence-electron chi connectivity index (χ1n) is 8.68. The minimum Gasteiger partial charge on any atom is -0.305 e. The number of aromatic nitrogens is 7. The van der Waals surface area contributed by atoms with Crippen molar-refractivity contribution in [1.82, 2.24) is 39.7 Å². The fraction of sp³-hybridized carbons (Fsp3) is 0.222. The molecule has 142 valence electrons. The molecule has 0 bridgehead atoms. The van der Waals surface area contributed by atoms with E-state index in [1.165, 1.54) is 16.6 Å². The number of rotatable bonds is 6. The minimum absolute atomic E-state index is 0.00822. The number of nitrogens with zero attached hydrogens (tertiary/aromatic N) is 8. The molecule has 0 aliphatic heterocycles. The van der Waals surface area contributed by atoms with Crippen LogP contribution in [-0.2, 0) is 17.9 Å². The zero-order valence-electron chi connectivity index (χ0n) is 15.5. The number of hydrogen-bond acceptors (Lipinski definition) is 7. The van der Waals surface area contributed by atoms with E-state index in [1.54, 1.807) is 4.52 Å². The van der Waals surface area contributed by atoms with Crippen molar-refractivity contribution in [2.45, 2.75) is 13.1 Å². The van der Waals surface area contributed by atoms with Gasteiger partial charge >= 0.3 is 0 Å². The maximum absolute atomic E-state index is 12.1. The SMILES string of the molecule is CN(C)Cc1ccccc1-c1ccc2nc(NC(=O)Cn3cnnn3)nn2c1. The summed E-state index contributed by atoms with van der Waals surface area (Å²) in [6.07, 6.45) is 3.28. The van der Waals surface area contributed by atoms with Crippen LogP contribution in [-0.4, -0.2) is 59.7 Å². The van der Waals surface area contributed by atoms with Crippen molar-refractivity contribution in [2.75, 3.05) is 19.4 Å². The summed E-state index contributed by atoms with van der Waals surface area (Å²) in [5, 5.41) is 17.7. The smallest absolute Gasteiger partial charge is 0.249 e. The molecule has 3 heterocycles. The van der Waals surface area contributed by atoms with Crippen LogP contribution >= 0.6 is 0 Å². The Morgan fingerprint density at radius 3 is 2.82 bits per heavy atom. The minimum atomic E-state index is -0.306. The normalized spacial score (nSPS) is 11.2. The van der Waals surface area contributed by atoms with Crippen LogP contribution in [0, 0.1) is 0 Å². The molecular weight excluding hydrogens is 358 g/mol. The number of carbonyl (C=O) groups is 1. The molecule has 0 unspecified atom stereocenters. The number of pyridine rings is 1. The summed E-state index contributed by atoms with van der Waals surface area (Å²) in [5.74, 6) is -0.0726. The number of fused-ring (bicyclic) bond motifs is 1. The van der Waals surface area contributed by atoms with Gasteiger partial charge in [-0.15, -0.1) is 10.2 Å². The lowest BCUT2D eigenvalue weighted by Crippen LogP contribution is -2.19. The summed E-state index contributed by atoms with van der Waals surface area (Å²) < 4.78 is 2.99. The van der Waals surface area contributed by atoms with Gasteiger partial charge < -0.3 is 4.90 Å². The number of benzene rings is 1. The molecule has 0 saturated carbocycles. The summed E-state index contributed by atoms with van der Waals surface area (Å²) in [5.41, 5.74) is 4.03. The van der Waals surface area contributed by atoms with Crippen molar-refractivity contribution in [2.24, 2.45) is 0 Å². The zero-order chi connectivity index (χ0) is 19.5. The fourth-order valence-corrected chi connectivity index (χ4v) is 2.94. The molecular formula is C18H19N9O. The molecule has 4 rings (SSSR count). The molecule has 0 atom stereocenters. The molecule has 1 aromatic carbocycles. The van der Waals surface area contributed by atoms with Crippen molar-refractivity contribution in [1.29, 1.82) is 0 Å². The highest BCUT2D eigenvalue weighted by atomic mass is 16.2. The average molecular weight is 377 g/mol. The lowest BCUT2D eigenvalue weighted by molar-refractivity contribution is -0.117. The highest BCUT2D eigenvalue weighted by molar-refractivity contribution is 5.88. The first-order valence-corrected chi connectivity index (χ1v) is 8.68. The predicted molar refractivity (Wildman–Crippen MR) is 102 cm³/mol. The van der Waals surface area contributed by atoms with Crippen LogP contribution in [0.5, 0.6) is 0 Å². The van der Waals surface area contributed by atoms with E-state index < -0.39 is 0 Å². The molecule has 1 amide bonds. The highest BCUT2D eigenvalue weighted by Crippen LogP contribution is 2.25. The molecule has 0 fully saturated rings. The molecule has 3 aromatic heterocycles. The van der Waals surface area contributed by atoms with Gasteiger partial charge in [-0.05, 0) is 47.8 Å². The second-order valence-electron chi connectivity index (χ2n) is 6.61. The van der Waals surface area contributed by atoms with Gasteiger partial charge in [-0.2, -0.15) is 4.98 Å². The van der Waals surface area contributed by atoms with Gasteiger partial charge in [0.25, 0.3) is 0 Å². The Kier molecular flexibility index (Phi) is 4.77. The van der Waals surface area contributed by atoms with E-state index in [9.17, 15) is 4.79 Å². The van der Waals surface area contributed by atoms with Crippen molar-refractivity contribution < 1.29 is 4.79 Å². The van der Waals surface area contributed by atoms with Gasteiger partial charge in [-0.25, -0.2) is 9.20 Å². The van der Waals surface area contributed by atoms with Crippen LogP contribution in [0.3, 0.4) is 0 Å². The van der Waals surface area contributed by atoms with E-state index in [0.717, 1.165) is 17.7 Å². The first-order chi connectivity index (χ1) is 13.6. The van der Waals surface area contributed by atoms with Gasteiger partial charge in [0.05, 0.1) is 0 Å². The van der Waals surface area contributed by atoms with E-state index in [2.05, 4.69) is 48.0 Å². The van der Waals surface area contributed by atoms with E-state index in [4.69, 9.17) is 0 Å². The topological polar surface area (TPSA) is 106 Å². The van der Waals surface area contributed by atoms with Gasteiger partial charge in [0.15, 0.2) is 5.65 Å². The molecule has 0 radical (unpaired) electrons. The third-order valence-corrected chi connectivity index (χ3v) is 4.09. The molecule has 0 saturated heterocycles. The maximum Gasteiger partial charge on any atom is 0.249 e. The van der Waals surface area contributed by atoms with E-state index >= 15 is 0 Å². The van der Waals surface area contributed by atoms with Gasteiger partial charge in [0.1, 0.15) is 12.9 Å². The zero-order valence-corrected chi connectivity index (χ0v) is 15.5. The molecule has 4 aromatic rings. The molecule has 10 heteroatoms. The Balaban J connectivity index is 1.58. The number of amides is 1. The second kappa shape index (κ2) is 7.53. The summed E-state index contributed by atoms with van der Waals surface area (Å²) in [4.78, 5) is 18.5. The predicted octanol–water partition coefficient (Wildman–Crippen LogP) is 1.08. The third-order valence-electron chi connectivity index (χ3n) is 4.09. The number of carbonyl (C=O) groups excluding carboxylic acids is 1. The van der Waals surface area contributed by atoms with E-state index in [1.807, 2.05) is 44.6 Å². The maximum atomic E-state index is 12.1. The summed E-state index contributed by atoms with van der Waals surface area (Å²) >= 11 is 0. The van der Waals surface area contributed by atoms with Crippen LogP contribution in [0.15, 0.2) is 48.9 Å². The van der Waals surface area contributed by atoms with E-state index in [0.29, 0.717) is 5.65 Å². The van der Waals surface area contributed by atoms with Crippen LogP contribution in [0.2, 0.25) is 0 Å². The fourth-order valence-electron chi connectivity index (χ4n) is 2.94. The molecule has 0 aliphatic carbocycles. The summed E-state index contributed by atoms with van der Waals surface area (Å²) in [6, 6.07) is 12.1. The summed E-state index contributed by atoms with van der Waals surface area (Å²) in [7, 11) is 4.09. The Morgan fingerprint density at radius 2 is 2.04 bits per heavy atom. The van der Waals surface area contributed by atoms with Gasteiger partial charge in [0.2, 0.25) is 11.9 Å². The average Bonchev–Trinajstić information content (AvgIpc) is 3.30. The monoisotopic (exact) mass is 377 g/mol. The van der Waals surface area contributed by atoms with Gasteiger partial charge in [-0.3, -0.25) is 10.1 Å².